The van der Waals surface area contributed by atoms with E-state index in [2.05, 4.69) is 34.5 Å². The average molecular weight is 421 g/mol. The van der Waals surface area contributed by atoms with Crippen LogP contribution in [-0.4, -0.2) is 23.9 Å². The first-order valence-corrected chi connectivity index (χ1v) is 10.6. The molecule has 1 heterocycles. The van der Waals surface area contributed by atoms with E-state index in [1.54, 1.807) is 18.2 Å². The number of hydrogen-bond acceptors (Lipinski definition) is 3. The van der Waals surface area contributed by atoms with Crippen molar-refractivity contribution in [1.82, 2.24) is 4.90 Å². The number of nitrogens with zero attached hydrogens (tertiary/aromatic N) is 1. The van der Waals surface area contributed by atoms with Gasteiger partial charge in [0.25, 0.3) is 0 Å². The van der Waals surface area contributed by atoms with Gasteiger partial charge in [-0.15, -0.1) is 0 Å². The molecule has 5 heteroatoms. The van der Waals surface area contributed by atoms with Crippen LogP contribution in [0.4, 0.5) is 5.69 Å². The zero-order valence-electron chi connectivity index (χ0n) is 16.8. The van der Waals surface area contributed by atoms with Gasteiger partial charge in [-0.05, 0) is 55.3 Å². The number of halogens is 1. The lowest BCUT2D eigenvalue weighted by Crippen LogP contribution is -2.40. The van der Waals surface area contributed by atoms with Crippen LogP contribution in [0, 0.1) is 5.92 Å². The van der Waals surface area contributed by atoms with Crippen LogP contribution in [0.25, 0.3) is 0 Å². The highest BCUT2D eigenvalue weighted by Gasteiger charge is 2.26. The zero-order valence-corrected chi connectivity index (χ0v) is 17.5. The fourth-order valence-electron chi connectivity index (χ4n) is 3.79. The predicted molar refractivity (Wildman–Crippen MR) is 121 cm³/mol. The first-order valence-electron chi connectivity index (χ1n) is 10.3. The molecular weight excluding hydrogens is 396 g/mol. The second-order valence-corrected chi connectivity index (χ2v) is 8.04. The fraction of sp³-hybridized carbons (Fsp3) is 0.240. The van der Waals surface area contributed by atoms with Gasteiger partial charge in [-0.3, -0.25) is 9.69 Å². The molecule has 0 spiro atoms. The smallest absolute Gasteiger partial charge is 0.228 e. The zero-order chi connectivity index (χ0) is 20.8. The number of nitrogens with one attached hydrogen (secondary N) is 1. The molecular formula is C25H25ClN2O2. The van der Waals surface area contributed by atoms with Crippen LogP contribution in [-0.2, 0) is 11.3 Å². The fourth-order valence-corrected chi connectivity index (χ4v) is 3.97. The van der Waals surface area contributed by atoms with E-state index in [1.165, 1.54) is 5.56 Å². The van der Waals surface area contributed by atoms with E-state index >= 15 is 0 Å². The molecule has 1 saturated heterocycles. The van der Waals surface area contributed by atoms with Crippen molar-refractivity contribution < 1.29 is 9.53 Å². The largest absolute Gasteiger partial charge is 0.455 e. The molecule has 0 aliphatic carbocycles. The average Bonchev–Trinajstić information content (AvgIpc) is 2.77. The summed E-state index contributed by atoms with van der Waals surface area (Å²) in [5, 5.41) is 3.61. The minimum absolute atomic E-state index is 0.00735. The van der Waals surface area contributed by atoms with Gasteiger partial charge in [0.05, 0.1) is 11.6 Å². The van der Waals surface area contributed by atoms with E-state index in [4.69, 9.17) is 16.3 Å². The number of ether oxygens (including phenoxy) is 1. The Morgan fingerprint density at radius 1 is 1.03 bits per heavy atom. The Kier molecular flexibility index (Phi) is 6.67. The quantitative estimate of drug-likeness (QED) is 0.533. The van der Waals surface area contributed by atoms with Crippen molar-refractivity contribution in [3.8, 4) is 11.5 Å². The van der Waals surface area contributed by atoms with Crippen molar-refractivity contribution in [2.24, 2.45) is 5.92 Å². The van der Waals surface area contributed by atoms with Crippen molar-refractivity contribution in [3.63, 3.8) is 0 Å². The molecule has 1 aliphatic rings. The van der Waals surface area contributed by atoms with Gasteiger partial charge >= 0.3 is 0 Å². The summed E-state index contributed by atoms with van der Waals surface area (Å²) in [5.74, 6) is 1.23. The van der Waals surface area contributed by atoms with Crippen LogP contribution >= 0.6 is 11.6 Å². The number of para-hydroxylation sites is 1. The van der Waals surface area contributed by atoms with Crippen molar-refractivity contribution in [2.45, 2.75) is 19.4 Å². The van der Waals surface area contributed by atoms with E-state index in [0.29, 0.717) is 22.2 Å². The maximum absolute atomic E-state index is 13.0. The second kappa shape index (κ2) is 9.79. The lowest BCUT2D eigenvalue weighted by atomic mass is 9.96. The van der Waals surface area contributed by atoms with Crippen LogP contribution in [0.15, 0.2) is 78.9 Å². The van der Waals surface area contributed by atoms with Crippen molar-refractivity contribution in [1.29, 1.82) is 0 Å². The second-order valence-electron chi connectivity index (χ2n) is 7.60. The Labute approximate surface area is 182 Å². The maximum Gasteiger partial charge on any atom is 0.228 e. The Morgan fingerprint density at radius 3 is 2.53 bits per heavy atom. The molecule has 3 aromatic rings. The number of amides is 1. The molecule has 1 fully saturated rings. The lowest BCUT2D eigenvalue weighted by Gasteiger charge is -2.32. The first kappa shape index (κ1) is 20.5. The van der Waals surface area contributed by atoms with Gasteiger partial charge in [0.2, 0.25) is 5.91 Å². The van der Waals surface area contributed by atoms with Crippen LogP contribution < -0.4 is 10.1 Å². The molecule has 4 nitrogen and oxygen atoms in total. The van der Waals surface area contributed by atoms with Crippen LogP contribution in [0.2, 0.25) is 5.02 Å². The first-order chi connectivity index (χ1) is 14.7. The summed E-state index contributed by atoms with van der Waals surface area (Å²) in [6.45, 7) is 2.62. The van der Waals surface area contributed by atoms with Crippen molar-refractivity contribution in [2.75, 3.05) is 18.4 Å². The highest BCUT2D eigenvalue weighted by Crippen LogP contribution is 2.33. The standard InChI is InChI=1S/C25H25ClN2O2/c26-21-13-14-24(30-22-11-5-2-6-12-22)23(16-21)27-25(29)20-10-7-15-28(18-20)17-19-8-3-1-4-9-19/h1-6,8-9,11-14,16,20H,7,10,15,17-18H2,(H,27,29). The molecule has 1 N–H and O–H groups in total. The highest BCUT2D eigenvalue weighted by molar-refractivity contribution is 6.31. The van der Waals surface area contributed by atoms with E-state index in [0.717, 1.165) is 32.5 Å². The number of rotatable bonds is 6. The number of carbonyl (C=O) groups is 1. The number of likely N-dealkylation sites (tertiary alicyclic amines) is 1. The van der Waals surface area contributed by atoms with Crippen LogP contribution in [0.1, 0.15) is 18.4 Å². The molecule has 30 heavy (non-hydrogen) atoms. The molecule has 4 rings (SSSR count). The Bertz CT molecular complexity index is 979. The summed E-state index contributed by atoms with van der Waals surface area (Å²) in [7, 11) is 0. The molecule has 1 amide bonds. The Balaban J connectivity index is 1.43. The topological polar surface area (TPSA) is 41.6 Å². The van der Waals surface area contributed by atoms with Gasteiger partial charge in [0.15, 0.2) is 5.75 Å². The Morgan fingerprint density at radius 2 is 1.77 bits per heavy atom. The molecule has 1 unspecified atom stereocenters. The lowest BCUT2D eigenvalue weighted by molar-refractivity contribution is -0.121. The van der Waals surface area contributed by atoms with E-state index in [1.807, 2.05) is 36.4 Å². The van der Waals surface area contributed by atoms with Crippen LogP contribution in [0.5, 0.6) is 11.5 Å². The number of piperidine rings is 1. The summed E-state index contributed by atoms with van der Waals surface area (Å²) in [4.78, 5) is 15.4. The number of carbonyl (C=O) groups excluding carboxylic acids is 1. The maximum atomic E-state index is 13.0. The van der Waals surface area contributed by atoms with Crippen LogP contribution in [0.3, 0.4) is 0 Å². The highest BCUT2D eigenvalue weighted by atomic mass is 35.5. The molecule has 0 saturated carbocycles. The number of benzene rings is 3. The normalized spacial score (nSPS) is 16.8. The summed E-state index contributed by atoms with van der Waals surface area (Å²) in [6.07, 6.45) is 1.89. The van der Waals surface area contributed by atoms with Gasteiger partial charge in [-0.1, -0.05) is 60.1 Å². The third-order valence-corrected chi connectivity index (χ3v) is 5.53. The van der Waals surface area contributed by atoms with E-state index < -0.39 is 0 Å². The summed E-state index contributed by atoms with van der Waals surface area (Å²) in [6, 6.07) is 25.2. The molecule has 1 atom stereocenters. The molecule has 3 aromatic carbocycles. The summed E-state index contributed by atoms with van der Waals surface area (Å²) in [5.41, 5.74) is 1.86. The van der Waals surface area contributed by atoms with Gasteiger partial charge in [0, 0.05) is 18.1 Å². The van der Waals surface area contributed by atoms with E-state index in [-0.39, 0.29) is 11.8 Å². The third kappa shape index (κ3) is 5.41. The monoisotopic (exact) mass is 420 g/mol. The SMILES string of the molecule is O=C(Nc1cc(Cl)ccc1Oc1ccccc1)C1CCCN(Cc2ccccc2)C1. The van der Waals surface area contributed by atoms with Gasteiger partial charge in [-0.2, -0.15) is 0 Å². The molecule has 1 aliphatic heterocycles. The van der Waals surface area contributed by atoms with Crippen molar-refractivity contribution in [3.05, 3.63) is 89.4 Å². The van der Waals surface area contributed by atoms with E-state index in [9.17, 15) is 4.79 Å². The molecule has 0 bridgehead atoms. The Hall–Kier alpha value is -2.82. The minimum Gasteiger partial charge on any atom is -0.455 e. The number of anilines is 1. The molecule has 0 aromatic heterocycles. The predicted octanol–water partition coefficient (Wildman–Crippen LogP) is 5.98. The summed E-state index contributed by atoms with van der Waals surface area (Å²) >= 11 is 6.19. The van der Waals surface area contributed by atoms with Gasteiger partial charge in [0.1, 0.15) is 5.75 Å². The minimum atomic E-state index is -0.0639. The van der Waals surface area contributed by atoms with Gasteiger partial charge < -0.3 is 10.1 Å². The molecule has 0 radical (unpaired) electrons. The van der Waals surface area contributed by atoms with Crippen molar-refractivity contribution >= 4 is 23.2 Å². The van der Waals surface area contributed by atoms with Gasteiger partial charge in [-0.25, -0.2) is 0 Å². The summed E-state index contributed by atoms with van der Waals surface area (Å²) < 4.78 is 5.97. The number of hydrogen-bond donors (Lipinski definition) is 1. The third-order valence-electron chi connectivity index (χ3n) is 5.30. The molecule has 154 valence electrons.